The molecule has 0 saturated heterocycles. The van der Waals surface area contributed by atoms with E-state index in [1.807, 2.05) is 13.8 Å². The number of rotatable bonds is 14. The first kappa shape index (κ1) is 45.7. The van der Waals surface area contributed by atoms with Gasteiger partial charge >= 0.3 is 12.2 Å². The normalized spacial score (nSPS) is 14.3. The van der Waals surface area contributed by atoms with Gasteiger partial charge in [-0.15, -0.1) is 0 Å². The molecule has 0 unspecified atom stereocenters. The van der Waals surface area contributed by atoms with Gasteiger partial charge in [0.15, 0.2) is 0 Å². The molecule has 2 amide bonds. The standard InChI is InChI=1S/C14H29NO8S2.C12H25NO4.CH4/c1-13(2,3)23-12(16)15-11(9-21-24(6,17)18)8-14(4,5)10-22-25(7,19)20;1-11(2,3)17-10(16)13-9(7-14)6-12(4,5)8-15;/h11H,8-10H2,1-7H3,(H,15,16);9,14-15H,6-8H2,1-5H3,(H,13,16);1H4/t11-;9-;/m00./s1. The van der Waals surface area contributed by atoms with Crippen molar-refractivity contribution >= 4 is 32.4 Å². The molecular formula is C27H58N2O12S2. The van der Waals surface area contributed by atoms with Crippen molar-refractivity contribution in [2.24, 2.45) is 10.8 Å². The van der Waals surface area contributed by atoms with E-state index in [9.17, 15) is 31.5 Å². The number of aliphatic hydroxyl groups excluding tert-OH is 2. The Labute approximate surface area is 259 Å². The Kier molecular flexibility index (Phi) is 19.4. The van der Waals surface area contributed by atoms with Crippen molar-refractivity contribution in [2.75, 3.05) is 38.9 Å². The topological polar surface area (TPSA) is 204 Å². The summed E-state index contributed by atoms with van der Waals surface area (Å²) in [7, 11) is -7.32. The first-order valence-electron chi connectivity index (χ1n) is 13.4. The lowest BCUT2D eigenvalue weighted by Crippen LogP contribution is -2.44. The molecule has 0 radical (unpaired) electrons. The zero-order valence-corrected chi connectivity index (χ0v) is 28.8. The number of carbonyl (C=O) groups is 2. The predicted molar refractivity (Wildman–Crippen MR) is 166 cm³/mol. The number of hydrogen-bond acceptors (Lipinski definition) is 12. The lowest BCUT2D eigenvalue weighted by molar-refractivity contribution is 0.0437. The first-order valence-corrected chi connectivity index (χ1v) is 17.0. The Hall–Kier alpha value is -1.72. The third-order valence-corrected chi connectivity index (χ3v) is 5.95. The van der Waals surface area contributed by atoms with E-state index in [-0.39, 0.29) is 45.7 Å². The van der Waals surface area contributed by atoms with Crippen LogP contribution in [0.2, 0.25) is 0 Å². The second-order valence-electron chi connectivity index (χ2n) is 13.7. The summed E-state index contributed by atoms with van der Waals surface area (Å²) in [6, 6.07) is -1.13. The Morgan fingerprint density at radius 3 is 1.37 bits per heavy atom. The summed E-state index contributed by atoms with van der Waals surface area (Å²) in [5.41, 5.74) is -2.30. The molecule has 260 valence electrons. The largest absolute Gasteiger partial charge is 0.444 e. The maximum Gasteiger partial charge on any atom is 0.407 e. The van der Waals surface area contributed by atoms with Gasteiger partial charge in [-0.1, -0.05) is 35.1 Å². The van der Waals surface area contributed by atoms with Crippen LogP contribution in [0.4, 0.5) is 9.59 Å². The monoisotopic (exact) mass is 666 g/mol. The molecule has 0 bridgehead atoms. The highest BCUT2D eigenvalue weighted by atomic mass is 32.2. The molecule has 43 heavy (non-hydrogen) atoms. The summed E-state index contributed by atoms with van der Waals surface area (Å²) in [5.74, 6) is 0. The van der Waals surface area contributed by atoms with Gasteiger partial charge in [0.25, 0.3) is 20.2 Å². The van der Waals surface area contributed by atoms with E-state index < -0.39 is 61.1 Å². The minimum atomic E-state index is -3.70. The number of amides is 2. The summed E-state index contributed by atoms with van der Waals surface area (Å²) >= 11 is 0. The fraction of sp³-hybridized carbons (Fsp3) is 0.926. The highest BCUT2D eigenvalue weighted by molar-refractivity contribution is 7.86. The second kappa shape index (κ2) is 18.3. The average molecular weight is 667 g/mol. The number of alkyl carbamates (subject to hydrolysis) is 2. The van der Waals surface area contributed by atoms with E-state index >= 15 is 0 Å². The molecule has 4 N–H and O–H groups in total. The molecule has 0 aliphatic carbocycles. The SMILES string of the molecule is C.CC(C)(CO)C[C@@H](CO)NC(=O)OC(C)(C)C.CC(C)(COS(C)(=O)=O)C[C@@H](COS(C)(=O)=O)NC(=O)OC(C)(C)C. The van der Waals surface area contributed by atoms with E-state index in [1.54, 1.807) is 55.4 Å². The zero-order chi connectivity index (χ0) is 33.8. The maximum absolute atomic E-state index is 11.9. The summed E-state index contributed by atoms with van der Waals surface area (Å²) in [6.07, 6.45) is 1.25. The fourth-order valence-corrected chi connectivity index (χ4v) is 4.14. The summed E-state index contributed by atoms with van der Waals surface area (Å²) in [5, 5.41) is 23.4. The molecule has 0 fully saturated rings. The van der Waals surface area contributed by atoms with E-state index in [0.29, 0.717) is 6.42 Å². The van der Waals surface area contributed by atoms with Crippen LogP contribution in [0.3, 0.4) is 0 Å². The van der Waals surface area contributed by atoms with Gasteiger partial charge in [0.1, 0.15) is 11.2 Å². The van der Waals surface area contributed by atoms with Crippen LogP contribution in [0.1, 0.15) is 89.5 Å². The van der Waals surface area contributed by atoms with E-state index in [0.717, 1.165) is 12.5 Å². The highest BCUT2D eigenvalue weighted by Gasteiger charge is 2.29. The number of nitrogens with one attached hydrogen (secondary N) is 2. The smallest absolute Gasteiger partial charge is 0.407 e. The Morgan fingerprint density at radius 2 is 1.05 bits per heavy atom. The zero-order valence-electron chi connectivity index (χ0n) is 27.2. The lowest BCUT2D eigenvalue weighted by atomic mass is 9.87. The molecule has 0 heterocycles. The van der Waals surface area contributed by atoms with Crippen molar-refractivity contribution in [3.8, 4) is 0 Å². The molecule has 0 aromatic rings. The van der Waals surface area contributed by atoms with Gasteiger partial charge in [-0.3, -0.25) is 8.37 Å². The number of hydrogen-bond donors (Lipinski definition) is 4. The van der Waals surface area contributed by atoms with Gasteiger partial charge in [0.2, 0.25) is 0 Å². The molecule has 0 spiro atoms. The Balaban J connectivity index is -0.000000779. The van der Waals surface area contributed by atoms with Crippen LogP contribution < -0.4 is 10.6 Å². The molecule has 0 aromatic heterocycles. The van der Waals surface area contributed by atoms with Gasteiger partial charge in [-0.2, -0.15) is 16.8 Å². The van der Waals surface area contributed by atoms with Crippen molar-refractivity contribution < 1.29 is 54.5 Å². The molecule has 16 heteroatoms. The van der Waals surface area contributed by atoms with Crippen molar-refractivity contribution in [2.45, 2.75) is 113 Å². The third kappa shape index (κ3) is 30.1. The molecule has 0 rings (SSSR count). The first-order chi connectivity index (χ1) is 18.5. The van der Waals surface area contributed by atoms with Crippen LogP contribution in [0, 0.1) is 10.8 Å². The van der Waals surface area contributed by atoms with Crippen LogP contribution in [0.25, 0.3) is 0 Å². The average Bonchev–Trinajstić information content (AvgIpc) is 2.72. The van der Waals surface area contributed by atoms with Crippen molar-refractivity contribution in [1.82, 2.24) is 10.6 Å². The fourth-order valence-electron chi connectivity index (χ4n) is 3.19. The van der Waals surface area contributed by atoms with Crippen LogP contribution in [0.15, 0.2) is 0 Å². The quantitative estimate of drug-likeness (QED) is 0.197. The summed E-state index contributed by atoms with van der Waals surface area (Å²) in [4.78, 5) is 23.4. The minimum absolute atomic E-state index is 0. The third-order valence-electron chi connectivity index (χ3n) is 4.84. The number of aliphatic hydroxyl groups is 2. The minimum Gasteiger partial charge on any atom is -0.444 e. The highest BCUT2D eigenvalue weighted by Crippen LogP contribution is 2.24. The molecule has 2 atom stereocenters. The van der Waals surface area contributed by atoms with Gasteiger partial charge in [0.05, 0.1) is 44.4 Å². The van der Waals surface area contributed by atoms with E-state index in [1.165, 1.54) is 0 Å². The van der Waals surface area contributed by atoms with Crippen LogP contribution in [-0.2, 0) is 38.1 Å². The van der Waals surface area contributed by atoms with Crippen molar-refractivity contribution in [3.63, 3.8) is 0 Å². The summed E-state index contributed by atoms with van der Waals surface area (Å²) in [6.45, 7) is 17.0. The molecule has 0 aliphatic heterocycles. The second-order valence-corrected chi connectivity index (χ2v) is 17.0. The van der Waals surface area contributed by atoms with Crippen molar-refractivity contribution in [3.05, 3.63) is 0 Å². The maximum atomic E-state index is 11.9. The molecule has 0 aromatic carbocycles. The van der Waals surface area contributed by atoms with Gasteiger partial charge < -0.3 is 30.3 Å². The van der Waals surface area contributed by atoms with Crippen molar-refractivity contribution in [1.29, 1.82) is 0 Å². The Bertz CT molecular complexity index is 1040. The van der Waals surface area contributed by atoms with Crippen LogP contribution in [0.5, 0.6) is 0 Å². The van der Waals surface area contributed by atoms with Crippen LogP contribution in [-0.4, -0.2) is 101 Å². The van der Waals surface area contributed by atoms with Gasteiger partial charge in [0, 0.05) is 6.61 Å². The van der Waals surface area contributed by atoms with Gasteiger partial charge in [-0.05, 0) is 65.2 Å². The van der Waals surface area contributed by atoms with Crippen LogP contribution >= 0.6 is 0 Å². The Morgan fingerprint density at radius 1 is 0.674 bits per heavy atom. The molecular weight excluding hydrogens is 608 g/mol. The van der Waals surface area contributed by atoms with Gasteiger partial charge in [-0.25, -0.2) is 9.59 Å². The number of ether oxygens (including phenoxy) is 2. The number of carbonyl (C=O) groups excluding carboxylic acids is 2. The molecule has 0 saturated carbocycles. The molecule has 14 nitrogen and oxygen atoms in total. The summed E-state index contributed by atoms with van der Waals surface area (Å²) < 4.78 is 64.5. The predicted octanol–water partition coefficient (Wildman–Crippen LogP) is 3.17. The van der Waals surface area contributed by atoms with E-state index in [4.69, 9.17) is 22.9 Å². The van der Waals surface area contributed by atoms with E-state index in [2.05, 4.69) is 10.6 Å². The molecule has 0 aliphatic rings. The lowest BCUT2D eigenvalue weighted by Gasteiger charge is -2.30.